The zero-order valence-electron chi connectivity index (χ0n) is 18.5. The van der Waals surface area contributed by atoms with Crippen LogP contribution in [0.2, 0.25) is 10.0 Å². The fourth-order valence-corrected chi connectivity index (χ4v) is 3.75. The minimum absolute atomic E-state index is 0.334. The van der Waals surface area contributed by atoms with Crippen molar-refractivity contribution in [2.75, 3.05) is 49.7 Å². The molecule has 0 bridgehead atoms. The zero-order valence-corrected chi connectivity index (χ0v) is 20.0. The number of amides is 1. The highest BCUT2D eigenvalue weighted by atomic mass is 35.5. The standard InChI is InChI=1S/C23H28Cl2N2O5/c1-4-30-21-14-19(27-8-10-29-11-9-27)22(31-5-2)13-18(21)26-23(28)15(3)32-20-7-6-16(24)12-17(20)25/h6-7,12-15H,4-5,8-11H2,1-3H3,(H,26,28). The maximum absolute atomic E-state index is 12.9. The van der Waals surface area contributed by atoms with Gasteiger partial charge in [0.05, 0.1) is 42.8 Å². The maximum atomic E-state index is 12.9. The lowest BCUT2D eigenvalue weighted by molar-refractivity contribution is -0.122. The fraction of sp³-hybridized carbons (Fsp3) is 0.435. The summed E-state index contributed by atoms with van der Waals surface area (Å²) in [5.41, 5.74) is 1.42. The Labute approximate surface area is 198 Å². The third kappa shape index (κ3) is 6.12. The van der Waals surface area contributed by atoms with Gasteiger partial charge in [-0.1, -0.05) is 23.2 Å². The van der Waals surface area contributed by atoms with Crippen molar-refractivity contribution in [2.45, 2.75) is 26.9 Å². The summed E-state index contributed by atoms with van der Waals surface area (Å²) in [7, 11) is 0. The minimum atomic E-state index is -0.808. The summed E-state index contributed by atoms with van der Waals surface area (Å²) in [4.78, 5) is 15.1. The van der Waals surface area contributed by atoms with Crippen LogP contribution in [0.15, 0.2) is 30.3 Å². The number of morpholine rings is 1. The first-order valence-corrected chi connectivity index (χ1v) is 11.4. The molecule has 1 unspecified atom stereocenters. The molecular formula is C23H28Cl2N2O5. The lowest BCUT2D eigenvalue weighted by atomic mass is 10.2. The van der Waals surface area contributed by atoms with Gasteiger partial charge in [-0.3, -0.25) is 4.79 Å². The van der Waals surface area contributed by atoms with Crippen LogP contribution in [-0.2, 0) is 9.53 Å². The third-order valence-electron chi connectivity index (χ3n) is 4.84. The van der Waals surface area contributed by atoms with Crippen LogP contribution in [0.25, 0.3) is 0 Å². The summed E-state index contributed by atoms with van der Waals surface area (Å²) in [6, 6.07) is 8.54. The second-order valence-corrected chi connectivity index (χ2v) is 7.95. The van der Waals surface area contributed by atoms with E-state index in [-0.39, 0.29) is 5.91 Å². The van der Waals surface area contributed by atoms with Gasteiger partial charge in [-0.25, -0.2) is 0 Å². The van der Waals surface area contributed by atoms with Crippen molar-refractivity contribution < 1.29 is 23.7 Å². The van der Waals surface area contributed by atoms with Gasteiger partial charge in [0.15, 0.2) is 6.10 Å². The van der Waals surface area contributed by atoms with Gasteiger partial charge in [-0.15, -0.1) is 0 Å². The molecule has 1 saturated heterocycles. The van der Waals surface area contributed by atoms with E-state index in [0.29, 0.717) is 59.4 Å². The van der Waals surface area contributed by atoms with Crippen LogP contribution in [0.1, 0.15) is 20.8 Å². The summed E-state index contributed by atoms with van der Waals surface area (Å²) in [6.45, 7) is 9.21. The number of nitrogens with zero attached hydrogens (tertiary/aromatic N) is 1. The molecule has 0 radical (unpaired) electrons. The van der Waals surface area contributed by atoms with Crippen LogP contribution in [0.4, 0.5) is 11.4 Å². The van der Waals surface area contributed by atoms with Gasteiger partial charge in [0.25, 0.3) is 5.91 Å². The zero-order chi connectivity index (χ0) is 23.1. The topological polar surface area (TPSA) is 69.3 Å². The molecule has 9 heteroatoms. The Bertz CT molecular complexity index is 935. The van der Waals surface area contributed by atoms with Crippen molar-refractivity contribution >= 4 is 40.5 Å². The smallest absolute Gasteiger partial charge is 0.265 e. The predicted octanol–water partition coefficient (Wildman–Crippen LogP) is 5.03. The largest absolute Gasteiger partial charge is 0.492 e. The van der Waals surface area contributed by atoms with E-state index in [2.05, 4.69) is 10.2 Å². The number of hydrogen-bond donors (Lipinski definition) is 1. The normalized spacial score (nSPS) is 14.6. The van der Waals surface area contributed by atoms with Crippen molar-refractivity contribution in [3.8, 4) is 17.2 Å². The molecule has 0 aromatic heterocycles. The molecular weight excluding hydrogens is 455 g/mol. The number of ether oxygens (including phenoxy) is 4. The molecule has 2 aromatic carbocycles. The van der Waals surface area contributed by atoms with Crippen LogP contribution < -0.4 is 24.4 Å². The molecule has 1 aliphatic rings. The highest BCUT2D eigenvalue weighted by Gasteiger charge is 2.23. The van der Waals surface area contributed by atoms with E-state index in [9.17, 15) is 4.79 Å². The molecule has 0 spiro atoms. The molecule has 1 aliphatic heterocycles. The fourth-order valence-electron chi connectivity index (χ4n) is 3.29. The van der Waals surface area contributed by atoms with E-state index in [4.69, 9.17) is 42.1 Å². The van der Waals surface area contributed by atoms with Gasteiger partial charge in [0.2, 0.25) is 0 Å². The number of carbonyl (C=O) groups is 1. The summed E-state index contributed by atoms with van der Waals surface area (Å²) >= 11 is 12.1. The van der Waals surface area contributed by atoms with Crippen LogP contribution >= 0.6 is 23.2 Å². The second-order valence-electron chi connectivity index (χ2n) is 7.11. The molecule has 1 N–H and O–H groups in total. The van der Waals surface area contributed by atoms with Gasteiger partial charge in [-0.2, -0.15) is 0 Å². The lowest BCUT2D eigenvalue weighted by Crippen LogP contribution is -2.36. The highest BCUT2D eigenvalue weighted by Crippen LogP contribution is 2.39. The Kier molecular flexibility index (Phi) is 8.73. The molecule has 174 valence electrons. The number of halogens is 2. The molecule has 1 atom stereocenters. The average Bonchev–Trinajstić information content (AvgIpc) is 2.78. The van der Waals surface area contributed by atoms with Crippen LogP contribution in [0.5, 0.6) is 17.2 Å². The van der Waals surface area contributed by atoms with Crippen molar-refractivity contribution in [3.63, 3.8) is 0 Å². The Morgan fingerprint density at radius 1 is 1.06 bits per heavy atom. The summed E-state index contributed by atoms with van der Waals surface area (Å²) < 4.78 is 22.9. The first-order valence-electron chi connectivity index (χ1n) is 10.6. The van der Waals surface area contributed by atoms with Gasteiger partial charge in [0, 0.05) is 30.2 Å². The number of rotatable bonds is 9. The monoisotopic (exact) mass is 482 g/mol. The first kappa shape index (κ1) is 24.3. The third-order valence-corrected chi connectivity index (χ3v) is 5.37. The summed E-state index contributed by atoms with van der Waals surface area (Å²) in [5, 5.41) is 3.72. The van der Waals surface area contributed by atoms with E-state index in [1.165, 1.54) is 0 Å². The molecule has 3 rings (SSSR count). The van der Waals surface area contributed by atoms with Crippen LogP contribution in [-0.4, -0.2) is 51.5 Å². The van der Waals surface area contributed by atoms with Crippen LogP contribution in [0.3, 0.4) is 0 Å². The Balaban J connectivity index is 1.83. The van der Waals surface area contributed by atoms with E-state index >= 15 is 0 Å². The van der Waals surface area contributed by atoms with Crippen molar-refractivity contribution in [1.82, 2.24) is 0 Å². The Morgan fingerprint density at radius 2 is 1.75 bits per heavy atom. The maximum Gasteiger partial charge on any atom is 0.265 e. The van der Waals surface area contributed by atoms with E-state index in [1.54, 1.807) is 31.2 Å². The van der Waals surface area contributed by atoms with E-state index in [1.807, 2.05) is 19.9 Å². The van der Waals surface area contributed by atoms with Crippen molar-refractivity contribution in [1.29, 1.82) is 0 Å². The highest BCUT2D eigenvalue weighted by molar-refractivity contribution is 6.35. The summed E-state index contributed by atoms with van der Waals surface area (Å²) in [5.74, 6) is 1.25. The number of carbonyl (C=O) groups excluding carboxylic acids is 1. The average molecular weight is 483 g/mol. The molecule has 32 heavy (non-hydrogen) atoms. The number of anilines is 2. The number of hydrogen-bond acceptors (Lipinski definition) is 6. The molecule has 1 fully saturated rings. The van der Waals surface area contributed by atoms with Gasteiger partial charge in [-0.05, 0) is 39.0 Å². The van der Waals surface area contributed by atoms with E-state index in [0.717, 1.165) is 18.8 Å². The first-order chi connectivity index (χ1) is 15.4. The molecule has 0 aliphatic carbocycles. The summed E-state index contributed by atoms with van der Waals surface area (Å²) in [6.07, 6.45) is -0.808. The Morgan fingerprint density at radius 3 is 2.41 bits per heavy atom. The second kappa shape index (κ2) is 11.5. The van der Waals surface area contributed by atoms with Gasteiger partial charge in [0.1, 0.15) is 17.2 Å². The van der Waals surface area contributed by atoms with Crippen molar-refractivity contribution in [2.24, 2.45) is 0 Å². The predicted molar refractivity (Wildman–Crippen MR) is 127 cm³/mol. The molecule has 2 aromatic rings. The molecule has 7 nitrogen and oxygen atoms in total. The SMILES string of the molecule is CCOc1cc(N2CCOCC2)c(OCC)cc1NC(=O)C(C)Oc1ccc(Cl)cc1Cl. The van der Waals surface area contributed by atoms with Gasteiger partial charge < -0.3 is 29.2 Å². The quantitative estimate of drug-likeness (QED) is 0.540. The van der Waals surface area contributed by atoms with Crippen LogP contribution in [0, 0.1) is 0 Å². The van der Waals surface area contributed by atoms with E-state index < -0.39 is 6.10 Å². The number of benzene rings is 2. The molecule has 1 amide bonds. The molecule has 0 saturated carbocycles. The lowest BCUT2D eigenvalue weighted by Gasteiger charge is -2.31. The minimum Gasteiger partial charge on any atom is -0.492 e. The Hall–Kier alpha value is -2.35. The number of nitrogens with one attached hydrogen (secondary N) is 1. The van der Waals surface area contributed by atoms with Gasteiger partial charge >= 0.3 is 0 Å². The van der Waals surface area contributed by atoms with Crippen molar-refractivity contribution in [3.05, 3.63) is 40.4 Å². The molecule has 1 heterocycles.